The lowest BCUT2D eigenvalue weighted by Gasteiger charge is -2.26. The topological polar surface area (TPSA) is 46.6 Å². The van der Waals surface area contributed by atoms with Gasteiger partial charge in [0.25, 0.3) is 11.8 Å². The molecule has 1 aromatic carbocycles. The summed E-state index contributed by atoms with van der Waals surface area (Å²) in [7, 11) is 0. The van der Waals surface area contributed by atoms with Crippen molar-refractivity contribution in [2.45, 2.75) is 13.0 Å². The molecule has 0 aliphatic carbocycles. The van der Waals surface area contributed by atoms with Gasteiger partial charge < -0.3 is 4.74 Å². The lowest BCUT2D eigenvalue weighted by atomic mass is 10.1. The van der Waals surface area contributed by atoms with E-state index in [1.54, 1.807) is 42.3 Å². The molecule has 1 aliphatic heterocycles. The molecule has 23 heavy (non-hydrogen) atoms. The van der Waals surface area contributed by atoms with Crippen molar-refractivity contribution in [3.05, 3.63) is 58.3 Å². The van der Waals surface area contributed by atoms with Gasteiger partial charge >= 0.3 is 0 Å². The highest BCUT2D eigenvalue weighted by molar-refractivity contribution is 9.10. The van der Waals surface area contributed by atoms with Gasteiger partial charge in [0.15, 0.2) is 0 Å². The van der Waals surface area contributed by atoms with E-state index in [2.05, 4.69) is 22.5 Å². The first-order valence-corrected chi connectivity index (χ1v) is 9.33. The number of fused-ring (bicyclic) bond motifs is 1. The largest absolute Gasteiger partial charge is 0.501 e. The Balaban J connectivity index is 2.34. The van der Waals surface area contributed by atoms with Crippen LogP contribution >= 0.6 is 27.7 Å². The lowest BCUT2D eigenvalue weighted by Crippen LogP contribution is -2.42. The molecule has 0 spiro atoms. The van der Waals surface area contributed by atoms with E-state index >= 15 is 0 Å². The van der Waals surface area contributed by atoms with Crippen LogP contribution in [0.25, 0.3) is 0 Å². The summed E-state index contributed by atoms with van der Waals surface area (Å²) in [6, 6.07) is 4.79. The maximum Gasteiger partial charge on any atom is 0.263 e. The first-order chi connectivity index (χ1) is 11.0. The van der Waals surface area contributed by atoms with Crippen LogP contribution in [0.2, 0.25) is 0 Å². The van der Waals surface area contributed by atoms with Crippen molar-refractivity contribution in [3.63, 3.8) is 0 Å². The fraction of sp³-hybridized carbons (Fsp3) is 0.294. The summed E-state index contributed by atoms with van der Waals surface area (Å²) < 4.78 is 5.82. The quantitative estimate of drug-likeness (QED) is 0.399. The Kier molecular flexibility index (Phi) is 6.07. The summed E-state index contributed by atoms with van der Waals surface area (Å²) in [5.41, 5.74) is 1.51. The Morgan fingerprint density at radius 3 is 2.78 bits per heavy atom. The van der Waals surface area contributed by atoms with Crippen LogP contribution in [0, 0.1) is 0 Å². The van der Waals surface area contributed by atoms with E-state index in [4.69, 9.17) is 4.74 Å². The standard InChI is InChI=1S/C17H18BrNO3S/c1-4-22-9-8-11(2)14(10-23-3)19-16(20)12-6-5-7-13(18)15(12)17(19)21/h5-9,14H,2,4,10H2,1,3H3/b9-8+. The van der Waals surface area contributed by atoms with Gasteiger partial charge in [0.2, 0.25) is 0 Å². The van der Waals surface area contributed by atoms with Crippen LogP contribution in [-0.2, 0) is 4.74 Å². The maximum absolute atomic E-state index is 12.7. The third-order valence-electron chi connectivity index (χ3n) is 3.50. The number of hydrogen-bond acceptors (Lipinski definition) is 4. The zero-order valence-corrected chi connectivity index (χ0v) is 15.4. The number of nitrogens with zero attached hydrogens (tertiary/aromatic N) is 1. The summed E-state index contributed by atoms with van der Waals surface area (Å²) >= 11 is 4.92. The molecule has 2 rings (SSSR count). The average Bonchev–Trinajstić information content (AvgIpc) is 2.78. The van der Waals surface area contributed by atoms with Crippen LogP contribution in [0.15, 0.2) is 47.2 Å². The molecule has 122 valence electrons. The number of ether oxygens (including phenoxy) is 1. The molecule has 1 heterocycles. The van der Waals surface area contributed by atoms with Gasteiger partial charge in [0.1, 0.15) is 0 Å². The second-order valence-corrected chi connectivity index (χ2v) is 6.71. The molecular formula is C17H18BrNO3S. The van der Waals surface area contributed by atoms with Crippen LogP contribution in [0.4, 0.5) is 0 Å². The highest BCUT2D eigenvalue weighted by Crippen LogP contribution is 2.32. The maximum atomic E-state index is 12.7. The molecule has 1 atom stereocenters. The molecule has 0 N–H and O–H groups in total. The monoisotopic (exact) mass is 395 g/mol. The van der Waals surface area contributed by atoms with Gasteiger partial charge in [-0.25, -0.2) is 0 Å². The average molecular weight is 396 g/mol. The van der Waals surface area contributed by atoms with Gasteiger partial charge in [-0.15, -0.1) is 0 Å². The van der Waals surface area contributed by atoms with E-state index in [0.29, 0.717) is 33.5 Å². The van der Waals surface area contributed by atoms with E-state index in [0.717, 1.165) is 0 Å². The number of hydrogen-bond donors (Lipinski definition) is 0. The second-order valence-electron chi connectivity index (χ2n) is 4.95. The Labute approximate surface area is 148 Å². The smallest absolute Gasteiger partial charge is 0.263 e. The van der Waals surface area contributed by atoms with Crippen molar-refractivity contribution in [1.82, 2.24) is 4.90 Å². The van der Waals surface area contributed by atoms with Crippen molar-refractivity contribution in [3.8, 4) is 0 Å². The van der Waals surface area contributed by atoms with E-state index in [1.165, 1.54) is 4.90 Å². The lowest BCUT2D eigenvalue weighted by molar-refractivity contribution is 0.0622. The molecule has 1 aromatic rings. The Bertz CT molecular complexity index is 672. The number of thioether (sulfide) groups is 1. The predicted molar refractivity (Wildman–Crippen MR) is 96.7 cm³/mol. The molecule has 0 saturated carbocycles. The number of benzene rings is 1. The van der Waals surface area contributed by atoms with Crippen LogP contribution < -0.4 is 0 Å². The zero-order chi connectivity index (χ0) is 17.0. The van der Waals surface area contributed by atoms with Crippen molar-refractivity contribution in [2.24, 2.45) is 0 Å². The SMILES string of the molecule is C=C(/C=C/OCC)C(CSC)N1C(=O)c2cccc(Br)c2C1=O. The summed E-state index contributed by atoms with van der Waals surface area (Å²) in [5, 5.41) is 0. The van der Waals surface area contributed by atoms with Crippen LogP contribution in [0.5, 0.6) is 0 Å². The van der Waals surface area contributed by atoms with Crippen molar-refractivity contribution in [2.75, 3.05) is 18.6 Å². The van der Waals surface area contributed by atoms with E-state index < -0.39 is 6.04 Å². The molecule has 6 heteroatoms. The van der Waals surface area contributed by atoms with Gasteiger partial charge in [0, 0.05) is 10.2 Å². The Morgan fingerprint density at radius 1 is 1.43 bits per heavy atom. The normalized spacial score (nSPS) is 15.2. The zero-order valence-electron chi connectivity index (χ0n) is 13.0. The van der Waals surface area contributed by atoms with E-state index in [1.807, 2.05) is 13.2 Å². The molecule has 4 nitrogen and oxygen atoms in total. The predicted octanol–water partition coefficient (Wildman–Crippen LogP) is 3.88. The highest BCUT2D eigenvalue weighted by atomic mass is 79.9. The number of amides is 2. The number of halogens is 1. The molecule has 1 unspecified atom stereocenters. The Morgan fingerprint density at radius 2 is 2.17 bits per heavy atom. The van der Waals surface area contributed by atoms with Gasteiger partial charge in [-0.05, 0) is 52.9 Å². The highest BCUT2D eigenvalue weighted by Gasteiger charge is 2.41. The van der Waals surface area contributed by atoms with Crippen molar-refractivity contribution < 1.29 is 14.3 Å². The molecule has 0 aromatic heterocycles. The van der Waals surface area contributed by atoms with E-state index in [9.17, 15) is 9.59 Å². The number of rotatable bonds is 7. The molecule has 0 fully saturated rings. The van der Waals surface area contributed by atoms with Crippen LogP contribution in [0.1, 0.15) is 27.6 Å². The fourth-order valence-electron chi connectivity index (χ4n) is 2.39. The van der Waals surface area contributed by atoms with Gasteiger partial charge in [-0.1, -0.05) is 12.6 Å². The fourth-order valence-corrected chi connectivity index (χ4v) is 3.61. The molecule has 0 bridgehead atoms. The van der Waals surface area contributed by atoms with Gasteiger partial charge in [0.05, 0.1) is 30.0 Å². The molecule has 0 saturated heterocycles. The number of carbonyl (C=O) groups excluding carboxylic acids is 2. The summed E-state index contributed by atoms with van der Waals surface area (Å²) in [5.74, 6) is 0.0112. The minimum atomic E-state index is -0.402. The first-order valence-electron chi connectivity index (χ1n) is 7.15. The van der Waals surface area contributed by atoms with Gasteiger partial charge in [-0.3, -0.25) is 14.5 Å². The van der Waals surface area contributed by atoms with E-state index in [-0.39, 0.29) is 11.8 Å². The molecule has 0 radical (unpaired) electrons. The third kappa shape index (κ3) is 3.53. The molecule has 1 aliphatic rings. The van der Waals surface area contributed by atoms with Crippen LogP contribution in [-0.4, -0.2) is 41.4 Å². The third-order valence-corrected chi connectivity index (χ3v) is 4.81. The summed E-state index contributed by atoms with van der Waals surface area (Å²) in [4.78, 5) is 26.7. The van der Waals surface area contributed by atoms with Gasteiger partial charge in [-0.2, -0.15) is 11.8 Å². The summed E-state index contributed by atoms with van der Waals surface area (Å²) in [6.45, 7) is 6.44. The van der Waals surface area contributed by atoms with Crippen LogP contribution in [0.3, 0.4) is 0 Å². The molecular weight excluding hydrogens is 378 g/mol. The minimum Gasteiger partial charge on any atom is -0.501 e. The first kappa shape index (κ1) is 17.8. The number of imide groups is 1. The Hall–Kier alpha value is -1.53. The summed E-state index contributed by atoms with van der Waals surface area (Å²) in [6.07, 6.45) is 5.19. The van der Waals surface area contributed by atoms with Crippen molar-refractivity contribution in [1.29, 1.82) is 0 Å². The second kappa shape index (κ2) is 7.84. The van der Waals surface area contributed by atoms with Crippen molar-refractivity contribution >= 4 is 39.5 Å². The molecule has 2 amide bonds. The minimum absolute atomic E-state index is 0.281. The number of carbonyl (C=O) groups is 2.